The van der Waals surface area contributed by atoms with Crippen molar-refractivity contribution in [3.05, 3.63) is 60.1 Å². The average Bonchev–Trinajstić information content (AvgIpc) is 3.40. The molecule has 3 aromatic rings. The molecule has 0 saturated heterocycles. The third-order valence-corrected chi connectivity index (χ3v) is 5.03. The van der Waals surface area contributed by atoms with Crippen LogP contribution in [0, 0.1) is 0 Å². The van der Waals surface area contributed by atoms with Gasteiger partial charge in [0.2, 0.25) is 5.88 Å². The smallest absolute Gasteiger partial charge is 0.232 e. The Labute approximate surface area is 177 Å². The molecular formula is C23H31N3O4. The Kier molecular flexibility index (Phi) is 8.07. The zero-order valence-electron chi connectivity index (χ0n) is 18.0. The van der Waals surface area contributed by atoms with Crippen molar-refractivity contribution in [1.29, 1.82) is 0 Å². The lowest BCUT2D eigenvalue weighted by Crippen LogP contribution is -2.34. The fourth-order valence-electron chi connectivity index (χ4n) is 3.60. The minimum Gasteiger partial charge on any atom is -0.468 e. The van der Waals surface area contributed by atoms with Crippen molar-refractivity contribution in [3.63, 3.8) is 0 Å². The summed E-state index contributed by atoms with van der Waals surface area (Å²) in [6.45, 7) is 7.65. The highest BCUT2D eigenvalue weighted by Crippen LogP contribution is 2.32. The second-order valence-electron chi connectivity index (χ2n) is 7.21. The van der Waals surface area contributed by atoms with Crippen LogP contribution < -0.4 is 4.90 Å². The molecule has 2 aromatic heterocycles. The van der Waals surface area contributed by atoms with Gasteiger partial charge in [-0.1, -0.05) is 35.5 Å². The van der Waals surface area contributed by atoms with Crippen molar-refractivity contribution >= 4 is 5.88 Å². The molecule has 1 atom stereocenters. The Bertz CT molecular complexity index is 860. The Morgan fingerprint density at radius 1 is 1.07 bits per heavy atom. The Balaban J connectivity index is 1.95. The quantitative estimate of drug-likeness (QED) is 0.484. The molecule has 0 bridgehead atoms. The molecule has 0 unspecified atom stereocenters. The number of aromatic nitrogens is 1. The van der Waals surface area contributed by atoms with Gasteiger partial charge in [0, 0.05) is 38.9 Å². The molecule has 2 heterocycles. The molecule has 0 aliphatic carbocycles. The van der Waals surface area contributed by atoms with Crippen LogP contribution in [-0.2, 0) is 17.8 Å². The fraction of sp³-hybridized carbons (Fsp3) is 0.435. The van der Waals surface area contributed by atoms with E-state index in [9.17, 15) is 5.11 Å². The van der Waals surface area contributed by atoms with Gasteiger partial charge >= 0.3 is 0 Å². The number of rotatable bonds is 12. The lowest BCUT2D eigenvalue weighted by molar-refractivity contribution is 0.0323. The van der Waals surface area contributed by atoms with Crippen LogP contribution in [0.3, 0.4) is 0 Å². The summed E-state index contributed by atoms with van der Waals surface area (Å²) >= 11 is 0. The lowest BCUT2D eigenvalue weighted by Gasteiger charge is -2.26. The predicted molar refractivity (Wildman–Crippen MR) is 116 cm³/mol. The summed E-state index contributed by atoms with van der Waals surface area (Å²) in [5.74, 6) is 1.60. The van der Waals surface area contributed by atoms with Crippen LogP contribution in [0.4, 0.5) is 5.88 Å². The van der Waals surface area contributed by atoms with E-state index in [0.717, 1.165) is 41.6 Å². The molecular weight excluding hydrogens is 382 g/mol. The Morgan fingerprint density at radius 3 is 2.47 bits per heavy atom. The zero-order chi connectivity index (χ0) is 21.3. The van der Waals surface area contributed by atoms with Crippen LogP contribution in [0.1, 0.15) is 25.2 Å². The van der Waals surface area contributed by atoms with Crippen molar-refractivity contribution in [2.45, 2.75) is 33.0 Å². The summed E-state index contributed by atoms with van der Waals surface area (Å²) in [5, 5.41) is 14.8. The maximum atomic E-state index is 10.4. The van der Waals surface area contributed by atoms with Gasteiger partial charge in [0.05, 0.1) is 31.1 Å². The minimum absolute atomic E-state index is 0.271. The maximum Gasteiger partial charge on any atom is 0.232 e. The van der Waals surface area contributed by atoms with Crippen molar-refractivity contribution < 1.29 is 18.8 Å². The molecule has 162 valence electrons. The lowest BCUT2D eigenvalue weighted by atomic mass is 10.1. The van der Waals surface area contributed by atoms with Crippen LogP contribution in [0.5, 0.6) is 0 Å². The van der Waals surface area contributed by atoms with E-state index in [0.29, 0.717) is 19.6 Å². The standard InChI is InChI=1S/C23H31N3O4/c1-4-26(5-2)23-21(22(24-30-23)18-10-7-6-8-11-18)16-25(14-19(27)17-28-3)15-20-12-9-13-29-20/h6-13,19,27H,4-5,14-17H2,1-3H3/t19-/m1/s1. The van der Waals surface area contributed by atoms with E-state index in [1.807, 2.05) is 42.5 Å². The summed E-state index contributed by atoms with van der Waals surface area (Å²) in [6.07, 6.45) is 1.05. The third kappa shape index (κ3) is 5.50. The topological polar surface area (TPSA) is 75.1 Å². The number of aliphatic hydroxyl groups excluding tert-OH is 1. The van der Waals surface area contributed by atoms with Crippen molar-refractivity contribution in [3.8, 4) is 11.3 Å². The Morgan fingerprint density at radius 2 is 1.83 bits per heavy atom. The van der Waals surface area contributed by atoms with Gasteiger partial charge in [-0.05, 0) is 26.0 Å². The number of hydrogen-bond donors (Lipinski definition) is 1. The number of ether oxygens (including phenoxy) is 1. The molecule has 0 aliphatic heterocycles. The normalized spacial score (nSPS) is 12.4. The number of nitrogens with zero attached hydrogens (tertiary/aromatic N) is 3. The second kappa shape index (κ2) is 11.0. The number of furan rings is 1. The van der Waals surface area contributed by atoms with E-state index in [1.54, 1.807) is 13.4 Å². The van der Waals surface area contributed by atoms with Gasteiger partial charge < -0.3 is 23.7 Å². The highest BCUT2D eigenvalue weighted by molar-refractivity contribution is 5.68. The Hall–Kier alpha value is -2.61. The van der Waals surface area contributed by atoms with Crippen LogP contribution in [-0.4, -0.2) is 54.6 Å². The molecule has 7 heteroatoms. The monoisotopic (exact) mass is 413 g/mol. The van der Waals surface area contributed by atoms with E-state index in [2.05, 4.69) is 28.8 Å². The zero-order valence-corrected chi connectivity index (χ0v) is 18.0. The van der Waals surface area contributed by atoms with Gasteiger partial charge in [-0.15, -0.1) is 0 Å². The highest BCUT2D eigenvalue weighted by atomic mass is 16.5. The van der Waals surface area contributed by atoms with E-state index >= 15 is 0 Å². The first-order chi connectivity index (χ1) is 14.7. The van der Waals surface area contributed by atoms with Gasteiger partial charge in [-0.3, -0.25) is 4.90 Å². The number of aliphatic hydroxyl groups is 1. The molecule has 0 amide bonds. The second-order valence-corrected chi connectivity index (χ2v) is 7.21. The molecule has 1 N–H and O–H groups in total. The van der Waals surface area contributed by atoms with Crippen LogP contribution in [0.2, 0.25) is 0 Å². The number of hydrogen-bond acceptors (Lipinski definition) is 7. The number of methoxy groups -OCH3 is 1. The molecule has 0 aliphatic rings. The largest absolute Gasteiger partial charge is 0.468 e. The maximum absolute atomic E-state index is 10.4. The van der Waals surface area contributed by atoms with Crippen molar-refractivity contribution in [2.24, 2.45) is 0 Å². The first kappa shape index (κ1) is 22.1. The molecule has 0 radical (unpaired) electrons. The first-order valence-electron chi connectivity index (χ1n) is 10.4. The summed E-state index contributed by atoms with van der Waals surface area (Å²) < 4.78 is 16.5. The van der Waals surface area contributed by atoms with Crippen LogP contribution >= 0.6 is 0 Å². The minimum atomic E-state index is -0.609. The molecule has 7 nitrogen and oxygen atoms in total. The van der Waals surface area contributed by atoms with Crippen molar-refractivity contribution in [1.82, 2.24) is 10.1 Å². The number of benzene rings is 1. The van der Waals surface area contributed by atoms with Gasteiger partial charge in [-0.2, -0.15) is 0 Å². The summed E-state index contributed by atoms with van der Waals surface area (Å²) in [4.78, 5) is 4.29. The van der Waals surface area contributed by atoms with Gasteiger partial charge in [-0.25, -0.2) is 0 Å². The first-order valence-corrected chi connectivity index (χ1v) is 10.4. The van der Waals surface area contributed by atoms with E-state index in [-0.39, 0.29) is 6.61 Å². The molecule has 30 heavy (non-hydrogen) atoms. The molecule has 1 aromatic carbocycles. The van der Waals surface area contributed by atoms with Crippen molar-refractivity contribution in [2.75, 3.05) is 38.3 Å². The molecule has 3 rings (SSSR count). The van der Waals surface area contributed by atoms with E-state index in [1.165, 1.54) is 0 Å². The molecule has 0 saturated carbocycles. The third-order valence-electron chi connectivity index (χ3n) is 5.03. The van der Waals surface area contributed by atoms with Crippen LogP contribution in [0.25, 0.3) is 11.3 Å². The van der Waals surface area contributed by atoms with Gasteiger partial charge in [0.15, 0.2) is 0 Å². The fourth-order valence-corrected chi connectivity index (χ4v) is 3.60. The summed E-state index contributed by atoms with van der Waals surface area (Å²) in [7, 11) is 1.59. The number of anilines is 1. The SMILES string of the molecule is CCN(CC)c1onc(-c2ccccc2)c1CN(Cc1ccco1)C[C@@H](O)COC. The van der Waals surface area contributed by atoms with E-state index in [4.69, 9.17) is 13.7 Å². The summed E-state index contributed by atoms with van der Waals surface area (Å²) in [5.41, 5.74) is 2.83. The predicted octanol–water partition coefficient (Wildman–Crippen LogP) is 3.79. The van der Waals surface area contributed by atoms with Crippen LogP contribution in [0.15, 0.2) is 57.7 Å². The molecule has 0 fully saturated rings. The average molecular weight is 414 g/mol. The molecule has 0 spiro atoms. The van der Waals surface area contributed by atoms with E-state index < -0.39 is 6.10 Å². The summed E-state index contributed by atoms with van der Waals surface area (Å²) in [6, 6.07) is 13.8. The highest BCUT2D eigenvalue weighted by Gasteiger charge is 2.24. The van der Waals surface area contributed by atoms with Gasteiger partial charge in [0.1, 0.15) is 11.5 Å². The van der Waals surface area contributed by atoms with Gasteiger partial charge in [0.25, 0.3) is 0 Å².